The summed E-state index contributed by atoms with van der Waals surface area (Å²) >= 11 is 0. The molecule has 1 aliphatic heterocycles. The number of hydrogen-bond donors (Lipinski definition) is 1. The molecule has 1 saturated carbocycles. The van der Waals surface area contributed by atoms with Gasteiger partial charge in [0.15, 0.2) is 0 Å². The molecule has 1 aliphatic carbocycles. The lowest BCUT2D eigenvalue weighted by Crippen LogP contribution is -2.48. The summed E-state index contributed by atoms with van der Waals surface area (Å²) in [5, 5.41) is 10.7. The van der Waals surface area contributed by atoms with Crippen molar-refractivity contribution in [2.24, 2.45) is 0 Å². The van der Waals surface area contributed by atoms with Crippen LogP contribution in [0.2, 0.25) is 0 Å². The van der Waals surface area contributed by atoms with Gasteiger partial charge in [-0.1, -0.05) is 12.1 Å². The van der Waals surface area contributed by atoms with Crippen LogP contribution in [0.5, 0.6) is 0 Å². The molecule has 1 aromatic heterocycles. The molecule has 0 atom stereocenters. The van der Waals surface area contributed by atoms with Crippen LogP contribution in [-0.4, -0.2) is 61.4 Å². The van der Waals surface area contributed by atoms with E-state index in [1.807, 2.05) is 4.90 Å². The number of nitrogens with one attached hydrogen (secondary N) is 1. The minimum Gasteiger partial charge on any atom is -0.353 e. The van der Waals surface area contributed by atoms with Gasteiger partial charge in [0.05, 0.1) is 9.82 Å². The van der Waals surface area contributed by atoms with E-state index in [0.29, 0.717) is 32.0 Å². The normalized spacial score (nSPS) is 17.0. The van der Waals surface area contributed by atoms with Crippen LogP contribution in [0.25, 0.3) is 6.08 Å². The molecule has 2 fully saturated rings. The zero-order valence-corrected chi connectivity index (χ0v) is 18.1. The first-order valence-electron chi connectivity index (χ1n) is 10.3. The average molecular weight is 458 g/mol. The molecule has 0 spiro atoms. The van der Waals surface area contributed by atoms with Gasteiger partial charge in [-0.05, 0) is 42.7 Å². The first-order chi connectivity index (χ1) is 15.3. The monoisotopic (exact) mass is 457 g/mol. The van der Waals surface area contributed by atoms with Gasteiger partial charge in [-0.15, -0.1) is 0 Å². The Morgan fingerprint density at radius 3 is 2.34 bits per heavy atom. The minimum absolute atomic E-state index is 0.0499. The summed E-state index contributed by atoms with van der Waals surface area (Å²) in [7, 11) is -3.49. The maximum atomic E-state index is 12.5. The van der Waals surface area contributed by atoms with Gasteiger partial charge in [-0.25, -0.2) is 18.1 Å². The van der Waals surface area contributed by atoms with E-state index in [0.717, 1.165) is 18.4 Å². The van der Waals surface area contributed by atoms with Gasteiger partial charge in [0.25, 0.3) is 5.69 Å². The first kappa shape index (κ1) is 21.9. The van der Waals surface area contributed by atoms with E-state index >= 15 is 0 Å². The van der Waals surface area contributed by atoms with Crippen LogP contribution in [0.15, 0.2) is 53.6 Å². The van der Waals surface area contributed by atoms with Gasteiger partial charge in [0.2, 0.25) is 15.9 Å². The van der Waals surface area contributed by atoms with E-state index in [9.17, 15) is 23.3 Å². The second kappa shape index (κ2) is 9.05. The van der Waals surface area contributed by atoms with Crippen LogP contribution in [0, 0.1) is 10.1 Å². The molecule has 1 aromatic carbocycles. The van der Waals surface area contributed by atoms with Crippen molar-refractivity contribution in [3.8, 4) is 0 Å². The molecule has 2 aromatic rings. The molecular formula is C21H23N5O5S. The SMILES string of the molecule is O=C(/C=C/c1ccc(S(=O)(=O)NC2CC2)cc1)N1CCN(c2ccc([N+](=O)[O-])cn2)CC1. The number of aromatic nitrogens is 1. The van der Waals surface area contributed by atoms with Crippen LogP contribution in [0.1, 0.15) is 18.4 Å². The molecule has 1 amide bonds. The van der Waals surface area contributed by atoms with Gasteiger partial charge in [0, 0.05) is 44.4 Å². The maximum absolute atomic E-state index is 12.5. The highest BCUT2D eigenvalue weighted by molar-refractivity contribution is 7.89. The average Bonchev–Trinajstić information content (AvgIpc) is 3.61. The van der Waals surface area contributed by atoms with Crippen molar-refractivity contribution in [3.63, 3.8) is 0 Å². The van der Waals surface area contributed by atoms with E-state index in [4.69, 9.17) is 0 Å². The predicted molar refractivity (Wildman–Crippen MR) is 119 cm³/mol. The summed E-state index contributed by atoms with van der Waals surface area (Å²) < 4.78 is 27.1. The van der Waals surface area contributed by atoms with Gasteiger partial charge in [-0.2, -0.15) is 0 Å². The van der Waals surface area contributed by atoms with E-state index < -0.39 is 14.9 Å². The fourth-order valence-electron chi connectivity index (χ4n) is 3.35. The summed E-state index contributed by atoms with van der Waals surface area (Å²) in [5.74, 6) is 0.512. The quantitative estimate of drug-likeness (QED) is 0.382. The Balaban J connectivity index is 1.30. The second-order valence-electron chi connectivity index (χ2n) is 7.74. The van der Waals surface area contributed by atoms with Crippen LogP contribution in [0.4, 0.5) is 11.5 Å². The highest BCUT2D eigenvalue weighted by Gasteiger charge is 2.27. The zero-order chi connectivity index (χ0) is 22.7. The molecule has 1 N–H and O–H groups in total. The molecule has 4 rings (SSSR count). The Hall–Kier alpha value is -3.31. The van der Waals surface area contributed by atoms with Crippen molar-refractivity contribution >= 4 is 33.5 Å². The molecule has 0 bridgehead atoms. The van der Waals surface area contributed by atoms with E-state index in [1.54, 1.807) is 29.2 Å². The number of anilines is 1. The topological polar surface area (TPSA) is 126 Å². The van der Waals surface area contributed by atoms with E-state index in [1.165, 1.54) is 30.5 Å². The highest BCUT2D eigenvalue weighted by Crippen LogP contribution is 2.22. The predicted octanol–water partition coefficient (Wildman–Crippen LogP) is 1.79. The van der Waals surface area contributed by atoms with E-state index in [-0.39, 0.29) is 22.5 Å². The smallest absolute Gasteiger partial charge is 0.287 e. The lowest BCUT2D eigenvalue weighted by molar-refractivity contribution is -0.385. The number of amides is 1. The van der Waals surface area contributed by atoms with Crippen molar-refractivity contribution in [2.45, 2.75) is 23.8 Å². The third kappa shape index (κ3) is 5.29. The van der Waals surface area contributed by atoms with E-state index in [2.05, 4.69) is 9.71 Å². The fourth-order valence-corrected chi connectivity index (χ4v) is 4.65. The van der Waals surface area contributed by atoms with Gasteiger partial charge in [-0.3, -0.25) is 14.9 Å². The first-order valence-corrected chi connectivity index (χ1v) is 11.7. The molecule has 168 valence electrons. The Bertz CT molecular complexity index is 1120. The number of nitrogens with zero attached hydrogens (tertiary/aromatic N) is 4. The Morgan fingerprint density at radius 2 is 1.78 bits per heavy atom. The lowest BCUT2D eigenvalue weighted by Gasteiger charge is -2.34. The number of piperazine rings is 1. The number of nitro groups is 1. The molecular weight excluding hydrogens is 434 g/mol. The number of sulfonamides is 1. The summed E-state index contributed by atoms with van der Waals surface area (Å²) in [5.41, 5.74) is 0.676. The standard InChI is InChI=1S/C21H23N5O5S/c27-21(10-3-16-1-7-19(8-2-16)32(30,31)23-17-4-5-17)25-13-11-24(12-14-25)20-9-6-18(15-22-20)26(28)29/h1-3,6-10,15,17,23H,4-5,11-14H2/b10-3+. The van der Waals surface area contributed by atoms with Gasteiger partial charge in [0.1, 0.15) is 12.0 Å². The van der Waals surface area contributed by atoms with Crippen LogP contribution in [0.3, 0.4) is 0 Å². The number of carbonyl (C=O) groups is 1. The minimum atomic E-state index is -3.49. The van der Waals surface area contributed by atoms with Crippen molar-refractivity contribution in [1.29, 1.82) is 0 Å². The summed E-state index contributed by atoms with van der Waals surface area (Å²) in [6, 6.07) is 9.48. The van der Waals surface area contributed by atoms with Crippen molar-refractivity contribution in [3.05, 3.63) is 64.3 Å². The number of hydrogen-bond acceptors (Lipinski definition) is 7. The third-order valence-corrected chi connectivity index (χ3v) is 6.90. The van der Waals surface area contributed by atoms with Gasteiger partial charge >= 0.3 is 0 Å². The third-order valence-electron chi connectivity index (χ3n) is 5.37. The largest absolute Gasteiger partial charge is 0.353 e. The Labute approximate surface area is 185 Å². The number of pyridine rings is 1. The molecule has 11 heteroatoms. The number of carbonyl (C=O) groups excluding carboxylic acids is 1. The zero-order valence-electron chi connectivity index (χ0n) is 17.3. The molecule has 32 heavy (non-hydrogen) atoms. The van der Waals surface area contributed by atoms with Gasteiger partial charge < -0.3 is 9.80 Å². The molecule has 0 radical (unpaired) electrons. The molecule has 10 nitrogen and oxygen atoms in total. The fraction of sp³-hybridized carbons (Fsp3) is 0.333. The highest BCUT2D eigenvalue weighted by atomic mass is 32.2. The molecule has 0 unspecified atom stereocenters. The Kier molecular flexibility index (Phi) is 6.19. The molecule has 2 aliphatic rings. The lowest BCUT2D eigenvalue weighted by atomic mass is 10.2. The number of benzene rings is 1. The van der Waals surface area contributed by atoms with Crippen LogP contribution < -0.4 is 9.62 Å². The Morgan fingerprint density at radius 1 is 1.09 bits per heavy atom. The number of rotatable bonds is 7. The molecule has 1 saturated heterocycles. The molecule has 2 heterocycles. The summed E-state index contributed by atoms with van der Waals surface area (Å²) in [6.07, 6.45) is 6.12. The van der Waals surface area contributed by atoms with Crippen molar-refractivity contribution in [2.75, 3.05) is 31.1 Å². The van der Waals surface area contributed by atoms with Crippen molar-refractivity contribution < 1.29 is 18.1 Å². The summed E-state index contributed by atoms with van der Waals surface area (Å²) in [6.45, 7) is 2.16. The summed E-state index contributed by atoms with van der Waals surface area (Å²) in [4.78, 5) is 30.8. The van der Waals surface area contributed by atoms with Crippen LogP contribution in [-0.2, 0) is 14.8 Å². The maximum Gasteiger partial charge on any atom is 0.287 e. The van der Waals surface area contributed by atoms with Crippen LogP contribution >= 0.6 is 0 Å². The van der Waals surface area contributed by atoms with Crippen molar-refractivity contribution in [1.82, 2.24) is 14.6 Å². The second-order valence-corrected chi connectivity index (χ2v) is 9.46.